The van der Waals surface area contributed by atoms with Crippen LogP contribution in [0.4, 0.5) is 8.78 Å². The molecule has 2 fully saturated rings. The van der Waals surface area contributed by atoms with Gasteiger partial charge in [-0.1, -0.05) is 6.92 Å². The van der Waals surface area contributed by atoms with E-state index in [1.807, 2.05) is 6.92 Å². The molecule has 124 valence electrons. The maximum atomic E-state index is 13.4. The first-order valence-corrected chi connectivity index (χ1v) is 7.61. The monoisotopic (exact) mass is 306 g/mol. The Kier molecular flexibility index (Phi) is 4.65. The second-order valence-electron chi connectivity index (χ2n) is 7.84. The Balaban J connectivity index is 2.01. The van der Waals surface area contributed by atoms with Crippen molar-refractivity contribution < 1.29 is 18.3 Å². The topological polar surface area (TPSA) is 42.5 Å². The standard InChI is InChI=1S/C15H28F2N2O2/c1-12(2)6-18-7-13(3,10-20-12)5-14(4)8-19-9-15(16,17)11-21-14/h18-19H,5-11H2,1-4H3. The molecule has 2 N–H and O–H groups in total. The highest BCUT2D eigenvalue weighted by Gasteiger charge is 2.43. The molecule has 4 nitrogen and oxygen atoms in total. The van der Waals surface area contributed by atoms with Gasteiger partial charge in [0, 0.05) is 25.0 Å². The fraction of sp³-hybridized carbons (Fsp3) is 1.00. The normalized spacial score (nSPS) is 40.3. The van der Waals surface area contributed by atoms with E-state index < -0.39 is 18.1 Å². The van der Waals surface area contributed by atoms with Crippen molar-refractivity contribution in [3.05, 3.63) is 0 Å². The van der Waals surface area contributed by atoms with Crippen molar-refractivity contribution in [1.29, 1.82) is 0 Å². The van der Waals surface area contributed by atoms with E-state index in [0.29, 0.717) is 19.6 Å². The second kappa shape index (κ2) is 5.72. The van der Waals surface area contributed by atoms with Crippen LogP contribution in [0.5, 0.6) is 0 Å². The average molecular weight is 306 g/mol. The van der Waals surface area contributed by atoms with Gasteiger partial charge in [0.05, 0.1) is 24.4 Å². The molecule has 2 unspecified atom stereocenters. The number of alkyl halides is 2. The summed E-state index contributed by atoms with van der Waals surface area (Å²) >= 11 is 0. The number of rotatable bonds is 2. The molecule has 0 aromatic rings. The van der Waals surface area contributed by atoms with Gasteiger partial charge in [0.1, 0.15) is 6.61 Å². The molecule has 0 aromatic heterocycles. The lowest BCUT2D eigenvalue weighted by molar-refractivity contribution is -0.128. The molecule has 0 amide bonds. The molecule has 0 aliphatic carbocycles. The predicted molar refractivity (Wildman–Crippen MR) is 77.8 cm³/mol. The van der Waals surface area contributed by atoms with Crippen molar-refractivity contribution in [3.8, 4) is 0 Å². The highest BCUT2D eigenvalue weighted by Crippen LogP contribution is 2.35. The third-order valence-electron chi connectivity index (χ3n) is 4.23. The average Bonchev–Trinajstić information content (AvgIpc) is 2.54. The summed E-state index contributed by atoms with van der Waals surface area (Å²) in [6.07, 6.45) is 0.673. The minimum atomic E-state index is -2.79. The van der Waals surface area contributed by atoms with Gasteiger partial charge >= 0.3 is 0 Å². The minimum Gasteiger partial charge on any atom is -0.374 e. The molecule has 0 radical (unpaired) electrons. The summed E-state index contributed by atoms with van der Waals surface area (Å²) in [6.45, 7) is 9.91. The van der Waals surface area contributed by atoms with Crippen LogP contribution in [0.3, 0.4) is 0 Å². The van der Waals surface area contributed by atoms with E-state index in [2.05, 4.69) is 31.4 Å². The van der Waals surface area contributed by atoms with Gasteiger partial charge < -0.3 is 20.1 Å². The van der Waals surface area contributed by atoms with Crippen molar-refractivity contribution in [1.82, 2.24) is 10.6 Å². The number of halogens is 2. The van der Waals surface area contributed by atoms with E-state index >= 15 is 0 Å². The molecule has 2 atom stereocenters. The Bertz CT molecular complexity index is 345. The van der Waals surface area contributed by atoms with E-state index in [9.17, 15) is 8.78 Å². The lowest BCUT2D eigenvalue weighted by Gasteiger charge is -2.38. The predicted octanol–water partition coefficient (Wildman–Crippen LogP) is 1.79. The molecule has 0 spiro atoms. The number of ether oxygens (including phenoxy) is 2. The maximum Gasteiger partial charge on any atom is 0.283 e. The summed E-state index contributed by atoms with van der Waals surface area (Å²) in [6, 6.07) is 0. The number of hydrogen-bond donors (Lipinski definition) is 2. The van der Waals surface area contributed by atoms with Crippen molar-refractivity contribution in [2.45, 2.75) is 51.2 Å². The van der Waals surface area contributed by atoms with Gasteiger partial charge in [-0.3, -0.25) is 0 Å². The Labute approximate surface area is 125 Å². The molecule has 2 saturated heterocycles. The Hall–Kier alpha value is -0.300. The molecule has 6 heteroatoms. The van der Waals surface area contributed by atoms with E-state index in [4.69, 9.17) is 9.47 Å². The van der Waals surface area contributed by atoms with E-state index in [1.54, 1.807) is 0 Å². The van der Waals surface area contributed by atoms with Crippen LogP contribution in [0, 0.1) is 5.41 Å². The first kappa shape index (κ1) is 17.1. The summed E-state index contributed by atoms with van der Waals surface area (Å²) in [7, 11) is 0. The summed E-state index contributed by atoms with van der Waals surface area (Å²) in [4.78, 5) is 0. The molecule has 2 heterocycles. The Morgan fingerprint density at radius 1 is 0.857 bits per heavy atom. The van der Waals surface area contributed by atoms with Crippen LogP contribution in [0.25, 0.3) is 0 Å². The molecule has 0 bridgehead atoms. The van der Waals surface area contributed by atoms with E-state index in [-0.39, 0.29) is 17.6 Å². The van der Waals surface area contributed by atoms with Crippen LogP contribution >= 0.6 is 0 Å². The molecule has 21 heavy (non-hydrogen) atoms. The quantitative estimate of drug-likeness (QED) is 0.816. The molecule has 0 aromatic carbocycles. The lowest BCUT2D eigenvalue weighted by Crippen LogP contribution is -2.46. The van der Waals surface area contributed by atoms with Gasteiger partial charge in [0.2, 0.25) is 0 Å². The van der Waals surface area contributed by atoms with Crippen molar-refractivity contribution in [2.75, 3.05) is 39.4 Å². The van der Waals surface area contributed by atoms with Crippen LogP contribution < -0.4 is 10.6 Å². The van der Waals surface area contributed by atoms with Crippen molar-refractivity contribution in [2.24, 2.45) is 5.41 Å². The Morgan fingerprint density at radius 2 is 1.52 bits per heavy atom. The smallest absolute Gasteiger partial charge is 0.283 e. The molecule has 2 rings (SSSR count). The first-order chi connectivity index (χ1) is 9.54. The third-order valence-corrected chi connectivity index (χ3v) is 4.23. The number of nitrogens with one attached hydrogen (secondary N) is 2. The number of hydrogen-bond acceptors (Lipinski definition) is 4. The van der Waals surface area contributed by atoms with Crippen LogP contribution in [0.15, 0.2) is 0 Å². The Morgan fingerprint density at radius 3 is 2.24 bits per heavy atom. The van der Waals surface area contributed by atoms with Gasteiger partial charge in [-0.25, -0.2) is 8.78 Å². The van der Waals surface area contributed by atoms with Crippen molar-refractivity contribution in [3.63, 3.8) is 0 Å². The molecule has 0 saturated carbocycles. The molecule has 2 aliphatic rings. The second-order valence-corrected chi connectivity index (χ2v) is 7.84. The maximum absolute atomic E-state index is 13.4. The summed E-state index contributed by atoms with van der Waals surface area (Å²) in [5.41, 5.74) is -0.938. The van der Waals surface area contributed by atoms with Crippen LogP contribution in [0.1, 0.15) is 34.1 Å². The summed E-state index contributed by atoms with van der Waals surface area (Å²) < 4.78 is 38.4. The summed E-state index contributed by atoms with van der Waals surface area (Å²) in [5, 5.41) is 6.25. The third kappa shape index (κ3) is 4.84. The van der Waals surface area contributed by atoms with Gasteiger partial charge in [0.15, 0.2) is 0 Å². The highest BCUT2D eigenvalue weighted by molar-refractivity contribution is 4.94. The van der Waals surface area contributed by atoms with Gasteiger partial charge in [-0.2, -0.15) is 0 Å². The van der Waals surface area contributed by atoms with Gasteiger partial charge in [-0.15, -0.1) is 0 Å². The SMILES string of the molecule is CC1(CC2(C)CNCC(F)(F)CO2)CNCC(C)(C)OC1. The van der Waals surface area contributed by atoms with E-state index in [1.165, 1.54) is 0 Å². The molecule has 2 aliphatic heterocycles. The van der Waals surface area contributed by atoms with Crippen LogP contribution in [-0.2, 0) is 9.47 Å². The van der Waals surface area contributed by atoms with Crippen molar-refractivity contribution >= 4 is 0 Å². The largest absolute Gasteiger partial charge is 0.374 e. The fourth-order valence-corrected chi connectivity index (χ4v) is 3.16. The minimum absolute atomic E-state index is 0.135. The molecular formula is C15H28F2N2O2. The first-order valence-electron chi connectivity index (χ1n) is 7.61. The fourth-order valence-electron chi connectivity index (χ4n) is 3.16. The zero-order valence-electron chi connectivity index (χ0n) is 13.5. The lowest BCUT2D eigenvalue weighted by atomic mass is 9.79. The zero-order valence-corrected chi connectivity index (χ0v) is 13.5. The van der Waals surface area contributed by atoms with Crippen LogP contribution in [0.2, 0.25) is 0 Å². The zero-order chi connectivity index (χ0) is 15.8. The van der Waals surface area contributed by atoms with E-state index in [0.717, 1.165) is 13.1 Å². The summed E-state index contributed by atoms with van der Waals surface area (Å²) in [5.74, 6) is -2.79. The molecular weight excluding hydrogens is 278 g/mol. The van der Waals surface area contributed by atoms with Gasteiger partial charge in [0.25, 0.3) is 5.92 Å². The van der Waals surface area contributed by atoms with Gasteiger partial charge in [-0.05, 0) is 27.2 Å². The highest BCUT2D eigenvalue weighted by atomic mass is 19.3. The van der Waals surface area contributed by atoms with Crippen LogP contribution in [-0.4, -0.2) is 56.5 Å².